The molecule has 1 N–H and O–H groups in total. The van der Waals surface area contributed by atoms with Crippen molar-refractivity contribution in [1.82, 2.24) is 14.9 Å². The van der Waals surface area contributed by atoms with E-state index in [0.717, 1.165) is 12.3 Å². The molecule has 1 amide bonds. The Morgan fingerprint density at radius 3 is 2.55 bits per heavy atom. The molecule has 2 aromatic rings. The molecule has 0 aliphatic carbocycles. The number of amides is 1. The summed E-state index contributed by atoms with van der Waals surface area (Å²) in [5, 5.41) is 9.08. The number of ether oxygens (including phenoxy) is 1. The van der Waals surface area contributed by atoms with Crippen LogP contribution in [0.4, 0.5) is 15.1 Å². The molecule has 1 aliphatic heterocycles. The largest absolute Gasteiger partial charge is 0.486 e. The predicted octanol–water partition coefficient (Wildman–Crippen LogP) is 1.79. The maximum atomic E-state index is 14.1. The topological polar surface area (TPSA) is 113 Å². The Labute approximate surface area is 167 Å². The van der Waals surface area contributed by atoms with Crippen molar-refractivity contribution >= 4 is 21.9 Å². The van der Waals surface area contributed by atoms with E-state index in [0.29, 0.717) is 31.3 Å². The molecule has 1 aromatic heterocycles. The van der Waals surface area contributed by atoms with Crippen molar-refractivity contribution in [2.45, 2.75) is 24.5 Å². The summed E-state index contributed by atoms with van der Waals surface area (Å²) in [7, 11) is -3.48. The molecule has 1 aliphatic rings. The Morgan fingerprint density at radius 1 is 1.31 bits per heavy atom. The average Bonchev–Trinajstić information content (AvgIpc) is 2.66. The zero-order chi connectivity index (χ0) is 21.2. The Hall–Kier alpha value is -2.95. The Kier molecular flexibility index (Phi) is 5.87. The monoisotopic (exact) mass is 424 g/mol. The lowest BCUT2D eigenvalue weighted by Gasteiger charge is -2.38. The molecule has 1 aromatic carbocycles. The number of anilines is 1. The molecule has 3 rings (SSSR count). The van der Waals surface area contributed by atoms with Gasteiger partial charge >= 0.3 is 6.09 Å². The summed E-state index contributed by atoms with van der Waals surface area (Å²) in [6.45, 7) is 2.99. The number of rotatable bonds is 5. The SMILES string of the molecule is CC1CN(C(=O)O)CCN1c1ncc(OCc2ccc(S(C)(=O)=O)cc2F)cn1. The molecule has 0 spiro atoms. The lowest BCUT2D eigenvalue weighted by atomic mass is 10.2. The summed E-state index contributed by atoms with van der Waals surface area (Å²) < 4.78 is 42.5. The number of nitrogens with zero attached hydrogens (tertiary/aromatic N) is 4. The molecule has 1 fully saturated rings. The van der Waals surface area contributed by atoms with Gasteiger partial charge in [-0.1, -0.05) is 6.07 Å². The van der Waals surface area contributed by atoms with Crippen LogP contribution in [0.3, 0.4) is 0 Å². The van der Waals surface area contributed by atoms with Crippen molar-refractivity contribution in [2.75, 3.05) is 30.8 Å². The lowest BCUT2D eigenvalue weighted by molar-refractivity contribution is 0.136. The zero-order valence-electron chi connectivity index (χ0n) is 15.9. The van der Waals surface area contributed by atoms with Gasteiger partial charge in [0.2, 0.25) is 5.95 Å². The second-order valence-electron chi connectivity index (χ2n) is 6.80. The lowest BCUT2D eigenvalue weighted by Crippen LogP contribution is -2.53. The molecule has 156 valence electrons. The molecule has 1 unspecified atom stereocenters. The van der Waals surface area contributed by atoms with E-state index in [2.05, 4.69) is 9.97 Å². The van der Waals surface area contributed by atoms with E-state index >= 15 is 0 Å². The van der Waals surface area contributed by atoms with Crippen LogP contribution in [-0.2, 0) is 16.4 Å². The Balaban J connectivity index is 1.62. The highest BCUT2D eigenvalue weighted by molar-refractivity contribution is 7.90. The zero-order valence-corrected chi connectivity index (χ0v) is 16.8. The summed E-state index contributed by atoms with van der Waals surface area (Å²) in [4.78, 5) is 22.7. The average molecular weight is 424 g/mol. The number of aromatic nitrogens is 2. The maximum absolute atomic E-state index is 14.1. The van der Waals surface area contributed by atoms with Gasteiger partial charge in [-0.05, 0) is 19.1 Å². The molecule has 9 nitrogen and oxygen atoms in total. The van der Waals surface area contributed by atoms with Crippen LogP contribution in [-0.4, -0.2) is 66.4 Å². The number of sulfone groups is 1. The van der Waals surface area contributed by atoms with E-state index < -0.39 is 21.7 Å². The van der Waals surface area contributed by atoms with Crippen molar-refractivity contribution in [3.05, 3.63) is 42.0 Å². The molecule has 0 saturated carbocycles. The third-order valence-electron chi connectivity index (χ3n) is 4.62. The van der Waals surface area contributed by atoms with Gasteiger partial charge in [-0.25, -0.2) is 27.6 Å². The number of hydrogen-bond acceptors (Lipinski definition) is 7. The summed E-state index contributed by atoms with van der Waals surface area (Å²) in [6.07, 6.45) is 2.99. The van der Waals surface area contributed by atoms with Crippen molar-refractivity contribution in [3.63, 3.8) is 0 Å². The normalized spacial score (nSPS) is 17.3. The minimum atomic E-state index is -3.48. The quantitative estimate of drug-likeness (QED) is 0.773. The highest BCUT2D eigenvalue weighted by Crippen LogP contribution is 2.20. The summed E-state index contributed by atoms with van der Waals surface area (Å²) in [6, 6.07) is 3.58. The third kappa shape index (κ3) is 4.91. The van der Waals surface area contributed by atoms with Crippen LogP contribution in [0.2, 0.25) is 0 Å². The highest BCUT2D eigenvalue weighted by atomic mass is 32.2. The minimum Gasteiger partial charge on any atom is -0.486 e. The van der Waals surface area contributed by atoms with Crippen LogP contribution in [0.15, 0.2) is 35.5 Å². The highest BCUT2D eigenvalue weighted by Gasteiger charge is 2.28. The van der Waals surface area contributed by atoms with Gasteiger partial charge in [-0.2, -0.15) is 0 Å². The van der Waals surface area contributed by atoms with Crippen molar-refractivity contribution in [2.24, 2.45) is 0 Å². The van der Waals surface area contributed by atoms with E-state index in [1.807, 2.05) is 11.8 Å². The van der Waals surface area contributed by atoms with E-state index in [4.69, 9.17) is 9.84 Å². The van der Waals surface area contributed by atoms with Crippen LogP contribution < -0.4 is 9.64 Å². The first kappa shape index (κ1) is 20.8. The van der Waals surface area contributed by atoms with Crippen molar-refractivity contribution < 1.29 is 27.4 Å². The maximum Gasteiger partial charge on any atom is 0.407 e. The number of carbonyl (C=O) groups is 1. The van der Waals surface area contributed by atoms with Gasteiger partial charge in [0.15, 0.2) is 15.6 Å². The van der Waals surface area contributed by atoms with Crippen LogP contribution in [0, 0.1) is 5.82 Å². The van der Waals surface area contributed by atoms with Gasteiger partial charge in [0.1, 0.15) is 12.4 Å². The number of hydrogen-bond donors (Lipinski definition) is 1. The van der Waals surface area contributed by atoms with Gasteiger partial charge in [0, 0.05) is 37.5 Å². The van der Waals surface area contributed by atoms with Crippen LogP contribution in [0.1, 0.15) is 12.5 Å². The number of halogens is 1. The number of carboxylic acid groups (broad SMARTS) is 1. The number of piperazine rings is 1. The van der Waals surface area contributed by atoms with Crippen LogP contribution in [0.25, 0.3) is 0 Å². The van der Waals surface area contributed by atoms with Crippen LogP contribution >= 0.6 is 0 Å². The second-order valence-corrected chi connectivity index (χ2v) is 8.82. The van der Waals surface area contributed by atoms with Gasteiger partial charge in [-0.3, -0.25) is 0 Å². The first-order chi connectivity index (χ1) is 13.6. The van der Waals surface area contributed by atoms with Gasteiger partial charge in [0.25, 0.3) is 0 Å². The molecule has 1 saturated heterocycles. The van der Waals surface area contributed by atoms with Crippen molar-refractivity contribution in [3.8, 4) is 5.75 Å². The molecular weight excluding hydrogens is 403 g/mol. The van der Waals surface area contributed by atoms with Crippen molar-refractivity contribution in [1.29, 1.82) is 0 Å². The van der Waals surface area contributed by atoms with Gasteiger partial charge < -0.3 is 19.6 Å². The standard InChI is InChI=1S/C18H21FN4O5S/c1-12-10-22(18(24)25)5-6-23(12)17-20-8-14(9-21-17)28-11-13-3-4-15(7-16(13)19)29(2,26)27/h3-4,7-9,12H,5-6,10-11H2,1-2H3,(H,24,25). The predicted molar refractivity (Wildman–Crippen MR) is 102 cm³/mol. The van der Waals surface area contributed by atoms with Gasteiger partial charge in [0.05, 0.1) is 17.3 Å². The molecule has 1 atom stereocenters. The fraction of sp³-hybridized carbons (Fsp3) is 0.389. The minimum absolute atomic E-state index is 0.0749. The fourth-order valence-corrected chi connectivity index (χ4v) is 3.63. The van der Waals surface area contributed by atoms with E-state index in [9.17, 15) is 17.6 Å². The molecule has 2 heterocycles. The summed E-state index contributed by atoms with van der Waals surface area (Å²) in [5.41, 5.74) is 0.208. The number of benzene rings is 1. The molecule has 0 bridgehead atoms. The first-order valence-electron chi connectivity index (χ1n) is 8.83. The molecule has 29 heavy (non-hydrogen) atoms. The first-order valence-corrected chi connectivity index (χ1v) is 10.7. The molecule has 11 heteroatoms. The Bertz CT molecular complexity index is 1000. The molecular formula is C18H21FN4O5S. The smallest absolute Gasteiger partial charge is 0.407 e. The van der Waals surface area contributed by atoms with E-state index in [-0.39, 0.29) is 23.1 Å². The van der Waals surface area contributed by atoms with Gasteiger partial charge in [-0.15, -0.1) is 0 Å². The Morgan fingerprint density at radius 2 is 2.00 bits per heavy atom. The van der Waals surface area contributed by atoms with E-state index in [1.165, 1.54) is 29.4 Å². The summed E-state index contributed by atoms with van der Waals surface area (Å²) >= 11 is 0. The second kappa shape index (κ2) is 8.19. The summed E-state index contributed by atoms with van der Waals surface area (Å²) in [5.74, 6) is 0.117. The fourth-order valence-electron chi connectivity index (χ4n) is 3.00. The van der Waals surface area contributed by atoms with Crippen LogP contribution in [0.5, 0.6) is 5.75 Å². The third-order valence-corrected chi connectivity index (χ3v) is 5.73. The van der Waals surface area contributed by atoms with E-state index in [1.54, 1.807) is 0 Å². The molecule has 0 radical (unpaired) electrons.